The fourth-order valence-electron chi connectivity index (χ4n) is 2.31. The number of aryl methyl sites for hydroxylation is 1. The molecule has 0 unspecified atom stereocenters. The maximum Gasteiger partial charge on any atom is 0.236 e. The average molecular weight is 327 g/mol. The Morgan fingerprint density at radius 2 is 1.83 bits per heavy atom. The molecular weight excluding hydrogens is 310 g/mol. The molecule has 6 heteroatoms. The molecular formula is C17H17N3O2S. The van der Waals surface area contributed by atoms with Crippen molar-refractivity contribution in [3.05, 3.63) is 72.1 Å². The number of hydrogen-bond donors (Lipinski definition) is 2. The van der Waals surface area contributed by atoms with Gasteiger partial charge in [0.1, 0.15) is 5.82 Å². The largest absolute Gasteiger partial charge is 0.345 e. The molecule has 0 radical (unpaired) electrons. The van der Waals surface area contributed by atoms with Crippen molar-refractivity contribution in [2.45, 2.75) is 12.7 Å². The molecule has 5 nitrogen and oxygen atoms in total. The van der Waals surface area contributed by atoms with Crippen LogP contribution in [0, 0.1) is 6.92 Å². The van der Waals surface area contributed by atoms with E-state index in [1.165, 1.54) is 0 Å². The van der Waals surface area contributed by atoms with Crippen LogP contribution in [0.4, 0.5) is 5.69 Å². The molecule has 3 aromatic rings. The highest BCUT2D eigenvalue weighted by atomic mass is 32.2. The van der Waals surface area contributed by atoms with E-state index in [1.807, 2.05) is 43.3 Å². The Morgan fingerprint density at radius 1 is 1.09 bits per heavy atom. The number of sulfonamides is 1. The van der Waals surface area contributed by atoms with Crippen LogP contribution in [0.2, 0.25) is 0 Å². The number of imidazole rings is 1. The molecule has 0 aliphatic rings. The topological polar surface area (TPSA) is 74.8 Å². The van der Waals surface area contributed by atoms with Gasteiger partial charge in [-0.2, -0.15) is 0 Å². The van der Waals surface area contributed by atoms with Crippen LogP contribution in [0.5, 0.6) is 0 Å². The number of nitrogens with one attached hydrogen (secondary N) is 2. The van der Waals surface area contributed by atoms with E-state index in [4.69, 9.17) is 0 Å². The van der Waals surface area contributed by atoms with Crippen molar-refractivity contribution < 1.29 is 8.42 Å². The second-order valence-electron chi connectivity index (χ2n) is 5.30. The Kier molecular flexibility index (Phi) is 4.16. The lowest BCUT2D eigenvalue weighted by Crippen LogP contribution is -2.15. The predicted octanol–water partition coefficient (Wildman–Crippen LogP) is 3.33. The Morgan fingerprint density at radius 3 is 2.48 bits per heavy atom. The molecule has 0 saturated carbocycles. The Labute approximate surface area is 135 Å². The van der Waals surface area contributed by atoms with Gasteiger partial charge in [0.15, 0.2) is 0 Å². The SMILES string of the molecule is Cc1ccccc1CS(=O)(=O)Nc1ccc(-c2ncc[nH]2)cc1. The third-order valence-electron chi connectivity index (χ3n) is 3.54. The van der Waals surface area contributed by atoms with Crippen molar-refractivity contribution in [2.75, 3.05) is 4.72 Å². The monoisotopic (exact) mass is 327 g/mol. The lowest BCUT2D eigenvalue weighted by molar-refractivity contribution is 0.600. The van der Waals surface area contributed by atoms with Gasteiger partial charge in [-0.3, -0.25) is 4.72 Å². The number of rotatable bonds is 5. The quantitative estimate of drug-likeness (QED) is 0.755. The van der Waals surface area contributed by atoms with Crippen LogP contribution >= 0.6 is 0 Å². The highest BCUT2D eigenvalue weighted by Crippen LogP contribution is 2.19. The van der Waals surface area contributed by atoms with Gasteiger partial charge in [0.2, 0.25) is 10.0 Å². The van der Waals surface area contributed by atoms with Gasteiger partial charge >= 0.3 is 0 Å². The molecule has 0 saturated heterocycles. The van der Waals surface area contributed by atoms with E-state index >= 15 is 0 Å². The highest BCUT2D eigenvalue weighted by Gasteiger charge is 2.13. The first-order valence-electron chi connectivity index (χ1n) is 7.18. The van der Waals surface area contributed by atoms with Gasteiger partial charge in [-0.25, -0.2) is 13.4 Å². The summed E-state index contributed by atoms with van der Waals surface area (Å²) in [6.07, 6.45) is 3.42. The number of H-pyrrole nitrogens is 1. The van der Waals surface area contributed by atoms with Crippen LogP contribution in [0.25, 0.3) is 11.4 Å². The number of anilines is 1. The van der Waals surface area contributed by atoms with Crippen LogP contribution in [0.1, 0.15) is 11.1 Å². The lowest BCUT2D eigenvalue weighted by Gasteiger charge is -2.10. The zero-order valence-corrected chi connectivity index (χ0v) is 13.5. The van der Waals surface area contributed by atoms with E-state index in [-0.39, 0.29) is 5.75 Å². The predicted molar refractivity (Wildman–Crippen MR) is 91.4 cm³/mol. The molecule has 0 spiro atoms. The molecule has 1 aromatic heterocycles. The van der Waals surface area contributed by atoms with Gasteiger partial charge in [-0.05, 0) is 42.3 Å². The molecule has 0 aliphatic carbocycles. The number of benzene rings is 2. The summed E-state index contributed by atoms with van der Waals surface area (Å²) in [7, 11) is -3.45. The summed E-state index contributed by atoms with van der Waals surface area (Å²) in [6, 6.07) is 14.6. The molecule has 23 heavy (non-hydrogen) atoms. The average Bonchev–Trinajstić information content (AvgIpc) is 3.04. The minimum atomic E-state index is -3.45. The van der Waals surface area contributed by atoms with Crippen molar-refractivity contribution in [3.63, 3.8) is 0 Å². The Balaban J connectivity index is 1.74. The van der Waals surface area contributed by atoms with Crippen LogP contribution in [-0.2, 0) is 15.8 Å². The molecule has 1 heterocycles. The van der Waals surface area contributed by atoms with Crippen molar-refractivity contribution >= 4 is 15.7 Å². The summed E-state index contributed by atoms with van der Waals surface area (Å²) in [6.45, 7) is 1.91. The van der Waals surface area contributed by atoms with E-state index in [2.05, 4.69) is 14.7 Å². The number of hydrogen-bond acceptors (Lipinski definition) is 3. The number of aromatic nitrogens is 2. The summed E-state index contributed by atoms with van der Waals surface area (Å²) in [5.41, 5.74) is 3.20. The van der Waals surface area contributed by atoms with E-state index in [0.717, 1.165) is 22.5 Å². The first-order valence-corrected chi connectivity index (χ1v) is 8.83. The highest BCUT2D eigenvalue weighted by molar-refractivity contribution is 7.91. The molecule has 0 amide bonds. The first-order chi connectivity index (χ1) is 11.0. The second-order valence-corrected chi connectivity index (χ2v) is 7.03. The number of aromatic amines is 1. The van der Waals surface area contributed by atoms with Gasteiger partial charge in [-0.1, -0.05) is 24.3 Å². The zero-order chi connectivity index (χ0) is 16.3. The summed E-state index contributed by atoms with van der Waals surface area (Å²) in [5, 5.41) is 0. The van der Waals surface area contributed by atoms with Crippen molar-refractivity contribution in [3.8, 4) is 11.4 Å². The van der Waals surface area contributed by atoms with Gasteiger partial charge in [-0.15, -0.1) is 0 Å². The molecule has 2 N–H and O–H groups in total. The van der Waals surface area contributed by atoms with Gasteiger partial charge in [0, 0.05) is 23.6 Å². The smallest absolute Gasteiger partial charge is 0.236 e. The first kappa shape index (κ1) is 15.3. The molecule has 0 fully saturated rings. The molecule has 0 bridgehead atoms. The third-order valence-corrected chi connectivity index (χ3v) is 4.77. The van der Waals surface area contributed by atoms with Crippen LogP contribution < -0.4 is 4.72 Å². The fraction of sp³-hybridized carbons (Fsp3) is 0.118. The van der Waals surface area contributed by atoms with Crippen molar-refractivity contribution in [1.82, 2.24) is 9.97 Å². The maximum absolute atomic E-state index is 12.3. The minimum absolute atomic E-state index is 0.0421. The summed E-state index contributed by atoms with van der Waals surface area (Å²) in [5.74, 6) is 0.707. The maximum atomic E-state index is 12.3. The van der Waals surface area contributed by atoms with Crippen LogP contribution in [0.15, 0.2) is 60.9 Å². The van der Waals surface area contributed by atoms with E-state index in [9.17, 15) is 8.42 Å². The molecule has 2 aromatic carbocycles. The standard InChI is InChI=1S/C17H17N3O2S/c1-13-4-2-3-5-15(13)12-23(21,22)20-16-8-6-14(7-9-16)17-18-10-11-19-17/h2-11,20H,12H2,1H3,(H,18,19). The van der Waals surface area contributed by atoms with E-state index in [1.54, 1.807) is 24.5 Å². The van der Waals surface area contributed by atoms with Gasteiger partial charge in [0.25, 0.3) is 0 Å². The Hall–Kier alpha value is -2.60. The second kappa shape index (κ2) is 6.26. The summed E-state index contributed by atoms with van der Waals surface area (Å²) in [4.78, 5) is 7.17. The van der Waals surface area contributed by atoms with Crippen LogP contribution in [0.3, 0.4) is 0 Å². The number of nitrogens with zero attached hydrogens (tertiary/aromatic N) is 1. The van der Waals surface area contributed by atoms with E-state index in [0.29, 0.717) is 5.69 Å². The summed E-state index contributed by atoms with van der Waals surface area (Å²) < 4.78 is 27.2. The normalized spacial score (nSPS) is 11.3. The molecule has 118 valence electrons. The molecule has 0 aliphatic heterocycles. The lowest BCUT2D eigenvalue weighted by atomic mass is 10.1. The van der Waals surface area contributed by atoms with E-state index < -0.39 is 10.0 Å². The zero-order valence-electron chi connectivity index (χ0n) is 12.7. The Bertz CT molecular complexity index is 886. The van der Waals surface area contributed by atoms with Crippen molar-refractivity contribution in [1.29, 1.82) is 0 Å². The van der Waals surface area contributed by atoms with Gasteiger partial charge < -0.3 is 4.98 Å². The van der Waals surface area contributed by atoms with Crippen molar-refractivity contribution in [2.24, 2.45) is 0 Å². The molecule has 3 rings (SSSR count). The minimum Gasteiger partial charge on any atom is -0.345 e. The van der Waals surface area contributed by atoms with Crippen LogP contribution in [-0.4, -0.2) is 18.4 Å². The third kappa shape index (κ3) is 3.78. The fourth-order valence-corrected chi connectivity index (χ4v) is 3.61. The van der Waals surface area contributed by atoms with Gasteiger partial charge in [0.05, 0.1) is 5.75 Å². The molecule has 0 atom stereocenters. The summed E-state index contributed by atoms with van der Waals surface area (Å²) >= 11 is 0.